The maximum absolute atomic E-state index is 5.54. The lowest BCUT2D eigenvalue weighted by atomic mass is 9.94. The molecule has 0 fully saturated rings. The number of hydrogen-bond donors (Lipinski definition) is 0. The van der Waals surface area contributed by atoms with Gasteiger partial charge in [0.2, 0.25) is 0 Å². The minimum atomic E-state index is 0.0176. The summed E-state index contributed by atoms with van der Waals surface area (Å²) in [4.78, 5) is 0. The smallest absolute Gasteiger partial charge is 0.0672 e. The van der Waals surface area contributed by atoms with E-state index >= 15 is 0 Å². The van der Waals surface area contributed by atoms with Crippen molar-refractivity contribution in [1.29, 1.82) is 0 Å². The van der Waals surface area contributed by atoms with Crippen LogP contribution in [0, 0.1) is 0 Å². The molecular weight excluding hydrogens is 176 g/mol. The topological polar surface area (TPSA) is 18.5 Å². The molecule has 0 bridgehead atoms. The maximum Gasteiger partial charge on any atom is 0.0672 e. The van der Waals surface area contributed by atoms with Crippen LogP contribution in [0.5, 0.6) is 0 Å². The van der Waals surface area contributed by atoms with Crippen molar-refractivity contribution in [3.05, 3.63) is 0 Å². The second-order valence-corrected chi connectivity index (χ2v) is 4.21. The summed E-state index contributed by atoms with van der Waals surface area (Å²) in [6.07, 6.45) is 7.36. The van der Waals surface area contributed by atoms with Gasteiger partial charge in [0.15, 0.2) is 0 Å². The highest BCUT2D eigenvalue weighted by Crippen LogP contribution is 2.22. The van der Waals surface area contributed by atoms with Crippen LogP contribution in [0.2, 0.25) is 0 Å². The monoisotopic (exact) mass is 202 g/mol. The predicted molar refractivity (Wildman–Crippen MR) is 60.7 cm³/mol. The van der Waals surface area contributed by atoms with Gasteiger partial charge in [0.25, 0.3) is 0 Å². The molecule has 0 amide bonds. The van der Waals surface area contributed by atoms with Gasteiger partial charge in [0, 0.05) is 20.8 Å². The van der Waals surface area contributed by atoms with Crippen LogP contribution in [0.4, 0.5) is 0 Å². The van der Waals surface area contributed by atoms with Gasteiger partial charge in [-0.3, -0.25) is 0 Å². The van der Waals surface area contributed by atoms with E-state index in [1.54, 1.807) is 14.2 Å². The average Bonchev–Trinajstić information content (AvgIpc) is 2.22. The Hall–Kier alpha value is -0.0800. The van der Waals surface area contributed by atoms with E-state index in [1.807, 2.05) is 0 Å². The lowest BCUT2D eigenvalue weighted by Gasteiger charge is -2.27. The highest BCUT2D eigenvalue weighted by molar-refractivity contribution is 4.74. The van der Waals surface area contributed by atoms with Crippen molar-refractivity contribution in [2.45, 2.75) is 58.0 Å². The third-order valence-electron chi connectivity index (χ3n) is 2.89. The van der Waals surface area contributed by atoms with Crippen LogP contribution >= 0.6 is 0 Å². The summed E-state index contributed by atoms with van der Waals surface area (Å²) in [6.45, 7) is 5.20. The van der Waals surface area contributed by atoms with Crippen LogP contribution in [0.1, 0.15) is 52.4 Å². The zero-order valence-electron chi connectivity index (χ0n) is 10.3. The van der Waals surface area contributed by atoms with Crippen LogP contribution in [-0.2, 0) is 9.47 Å². The van der Waals surface area contributed by atoms with Crippen molar-refractivity contribution in [3.63, 3.8) is 0 Å². The van der Waals surface area contributed by atoms with E-state index in [4.69, 9.17) is 9.47 Å². The number of rotatable bonds is 9. The molecule has 0 aromatic heterocycles. The van der Waals surface area contributed by atoms with Crippen molar-refractivity contribution in [2.24, 2.45) is 0 Å². The van der Waals surface area contributed by atoms with E-state index in [2.05, 4.69) is 13.8 Å². The lowest BCUT2D eigenvalue weighted by Crippen LogP contribution is -2.28. The molecule has 0 saturated heterocycles. The van der Waals surface area contributed by atoms with E-state index in [9.17, 15) is 0 Å². The molecule has 0 aliphatic heterocycles. The molecule has 0 aromatic carbocycles. The van der Waals surface area contributed by atoms with Gasteiger partial charge in [-0.2, -0.15) is 0 Å². The Bertz CT molecular complexity index is 125. The fourth-order valence-corrected chi connectivity index (χ4v) is 1.57. The second kappa shape index (κ2) is 8.25. The number of methoxy groups -OCH3 is 2. The van der Waals surface area contributed by atoms with Gasteiger partial charge < -0.3 is 9.47 Å². The minimum Gasteiger partial charge on any atom is -0.385 e. The number of unbranched alkanes of at least 4 members (excludes halogenated alkanes) is 3. The first-order valence-electron chi connectivity index (χ1n) is 5.72. The molecule has 2 nitrogen and oxygen atoms in total. The van der Waals surface area contributed by atoms with E-state index in [-0.39, 0.29) is 5.60 Å². The van der Waals surface area contributed by atoms with Crippen molar-refractivity contribution < 1.29 is 9.47 Å². The summed E-state index contributed by atoms with van der Waals surface area (Å²) < 4.78 is 10.6. The van der Waals surface area contributed by atoms with Gasteiger partial charge in [0.05, 0.1) is 5.60 Å². The molecule has 0 aliphatic rings. The Labute approximate surface area is 89.0 Å². The molecule has 0 aromatic rings. The molecule has 0 spiro atoms. The molecule has 0 rings (SSSR count). The molecule has 0 saturated carbocycles. The van der Waals surface area contributed by atoms with Crippen LogP contribution < -0.4 is 0 Å². The number of ether oxygens (including phenoxy) is 2. The predicted octanol–water partition coefficient (Wildman–Crippen LogP) is 3.40. The molecule has 0 aliphatic carbocycles. The van der Waals surface area contributed by atoms with Crippen molar-refractivity contribution >= 4 is 0 Å². The first kappa shape index (κ1) is 13.9. The van der Waals surface area contributed by atoms with Crippen LogP contribution in [-0.4, -0.2) is 26.4 Å². The second-order valence-electron chi connectivity index (χ2n) is 4.21. The largest absolute Gasteiger partial charge is 0.385 e. The van der Waals surface area contributed by atoms with Gasteiger partial charge in [-0.15, -0.1) is 0 Å². The first-order valence-corrected chi connectivity index (χ1v) is 5.72. The quantitative estimate of drug-likeness (QED) is 0.533. The highest BCUT2D eigenvalue weighted by Gasteiger charge is 2.22. The standard InChI is InChI=1S/C12H26O2/c1-5-6-7-8-9-12(2,14-4)10-11-13-3/h5-11H2,1-4H3. The molecule has 0 heterocycles. The van der Waals surface area contributed by atoms with Crippen molar-refractivity contribution in [2.75, 3.05) is 20.8 Å². The van der Waals surface area contributed by atoms with Crippen molar-refractivity contribution in [3.8, 4) is 0 Å². The summed E-state index contributed by atoms with van der Waals surface area (Å²) in [5, 5.41) is 0. The Morgan fingerprint density at radius 2 is 1.71 bits per heavy atom. The third kappa shape index (κ3) is 6.39. The van der Waals surface area contributed by atoms with Crippen LogP contribution in [0.15, 0.2) is 0 Å². The Morgan fingerprint density at radius 3 is 2.21 bits per heavy atom. The zero-order valence-corrected chi connectivity index (χ0v) is 10.3. The maximum atomic E-state index is 5.54. The SMILES string of the molecule is CCCCCCC(C)(CCOC)OC. The molecule has 0 N–H and O–H groups in total. The molecule has 86 valence electrons. The van der Waals surface area contributed by atoms with Crippen LogP contribution in [0.3, 0.4) is 0 Å². The Morgan fingerprint density at radius 1 is 1.00 bits per heavy atom. The summed E-state index contributed by atoms with van der Waals surface area (Å²) in [5.41, 5.74) is 0.0176. The van der Waals surface area contributed by atoms with E-state index in [0.717, 1.165) is 19.4 Å². The molecule has 2 heteroatoms. The third-order valence-corrected chi connectivity index (χ3v) is 2.89. The van der Waals surface area contributed by atoms with Crippen LogP contribution in [0.25, 0.3) is 0 Å². The van der Waals surface area contributed by atoms with Gasteiger partial charge in [0.1, 0.15) is 0 Å². The molecule has 1 unspecified atom stereocenters. The lowest BCUT2D eigenvalue weighted by molar-refractivity contribution is -0.0258. The fraction of sp³-hybridized carbons (Fsp3) is 1.00. The fourth-order valence-electron chi connectivity index (χ4n) is 1.57. The molecule has 14 heavy (non-hydrogen) atoms. The summed E-state index contributed by atoms with van der Waals surface area (Å²) in [6, 6.07) is 0. The van der Waals surface area contributed by atoms with Gasteiger partial charge >= 0.3 is 0 Å². The Kier molecular flexibility index (Phi) is 8.20. The molecule has 0 radical (unpaired) electrons. The summed E-state index contributed by atoms with van der Waals surface area (Å²) >= 11 is 0. The van der Waals surface area contributed by atoms with Gasteiger partial charge in [-0.25, -0.2) is 0 Å². The minimum absolute atomic E-state index is 0.0176. The van der Waals surface area contributed by atoms with E-state index < -0.39 is 0 Å². The summed E-state index contributed by atoms with van der Waals surface area (Å²) in [7, 11) is 3.54. The van der Waals surface area contributed by atoms with E-state index in [1.165, 1.54) is 25.7 Å². The first-order chi connectivity index (χ1) is 6.68. The zero-order chi connectivity index (χ0) is 10.9. The van der Waals surface area contributed by atoms with Gasteiger partial charge in [-0.1, -0.05) is 32.6 Å². The average molecular weight is 202 g/mol. The highest BCUT2D eigenvalue weighted by atomic mass is 16.5. The van der Waals surface area contributed by atoms with E-state index in [0.29, 0.717) is 0 Å². The Balaban J connectivity index is 3.63. The molecule has 1 atom stereocenters. The normalized spacial score (nSPS) is 15.4. The van der Waals surface area contributed by atoms with Gasteiger partial charge in [-0.05, 0) is 19.8 Å². The van der Waals surface area contributed by atoms with Crippen molar-refractivity contribution in [1.82, 2.24) is 0 Å². The molecular formula is C12H26O2. The summed E-state index contributed by atoms with van der Waals surface area (Å²) in [5.74, 6) is 0. The number of hydrogen-bond acceptors (Lipinski definition) is 2.